The lowest BCUT2D eigenvalue weighted by Gasteiger charge is -2.45. The molecule has 1 amide bonds. The number of nitrogens with one attached hydrogen (secondary N) is 1. The topological polar surface area (TPSA) is 133 Å². The number of esters is 1. The summed E-state index contributed by atoms with van der Waals surface area (Å²) >= 11 is 0. The number of nitrogens with two attached hydrogens (primary N) is 1. The van der Waals surface area contributed by atoms with Crippen molar-refractivity contribution in [1.82, 2.24) is 19.9 Å². The molecule has 0 radical (unpaired) electrons. The number of rotatable bonds is 5. The maximum absolute atomic E-state index is 12.3. The molecule has 2 aliphatic rings. The van der Waals surface area contributed by atoms with Crippen LogP contribution in [0, 0.1) is 0 Å². The number of cyclic esters (lactones) is 1. The van der Waals surface area contributed by atoms with Gasteiger partial charge < -0.3 is 25.4 Å². The number of carbonyl (C=O) groups excluding carboxylic acids is 2. The summed E-state index contributed by atoms with van der Waals surface area (Å²) in [6, 6.07) is 5.33. The number of nitrogens with zero attached hydrogens (tertiary/aromatic N) is 4. The number of carbonyl (C=O) groups is 2. The Morgan fingerprint density at radius 2 is 1.92 bits per heavy atom. The lowest BCUT2D eigenvalue weighted by atomic mass is 9.93. The van der Waals surface area contributed by atoms with Gasteiger partial charge in [-0.15, -0.1) is 0 Å². The fourth-order valence-electron chi connectivity index (χ4n) is 4.81. The molecular weight excluding hydrogens is 472 g/mol. The number of aromatic nitrogens is 3. The molecule has 10 nitrogen and oxygen atoms in total. The van der Waals surface area contributed by atoms with Crippen LogP contribution >= 0.6 is 0 Å². The summed E-state index contributed by atoms with van der Waals surface area (Å²) in [5.41, 5.74) is 7.85. The first-order valence-electron chi connectivity index (χ1n) is 12.4. The molecule has 0 unspecified atom stereocenters. The van der Waals surface area contributed by atoms with Crippen LogP contribution in [0.2, 0.25) is 0 Å². The summed E-state index contributed by atoms with van der Waals surface area (Å²) in [6.45, 7) is 11.7. The molecule has 0 aromatic carbocycles. The van der Waals surface area contributed by atoms with E-state index < -0.39 is 5.54 Å². The summed E-state index contributed by atoms with van der Waals surface area (Å²) in [5.74, 6) is 1.25. The highest BCUT2D eigenvalue weighted by Crippen LogP contribution is 2.35. The van der Waals surface area contributed by atoms with Crippen molar-refractivity contribution in [1.29, 1.82) is 0 Å². The summed E-state index contributed by atoms with van der Waals surface area (Å²) in [6.07, 6.45) is 3.05. The van der Waals surface area contributed by atoms with E-state index in [1.165, 1.54) is 0 Å². The van der Waals surface area contributed by atoms with Gasteiger partial charge in [0, 0.05) is 30.8 Å². The van der Waals surface area contributed by atoms with E-state index in [2.05, 4.69) is 15.3 Å². The molecule has 4 atom stereocenters. The van der Waals surface area contributed by atoms with Crippen LogP contribution in [-0.2, 0) is 15.1 Å². The van der Waals surface area contributed by atoms with Crippen LogP contribution in [0.1, 0.15) is 69.1 Å². The first-order chi connectivity index (χ1) is 17.4. The number of hydrogen-bond acceptors (Lipinski definition) is 9. The van der Waals surface area contributed by atoms with Crippen LogP contribution < -0.4 is 15.8 Å². The highest BCUT2D eigenvalue weighted by molar-refractivity contribution is 5.93. The largest absolute Gasteiger partial charge is 0.470 e. The average molecular weight is 505 g/mol. The highest BCUT2D eigenvalue weighted by atomic mass is 16.5. The SMILES string of the molecule is CC(=O)N1C[C@@H](Oc2ncc(C(C)(C)N)c3cc(Nc4ccc5c(n4)[C@@H](C)[C@H](C)OC5=O)ncc23)[C@@H]1C. The van der Waals surface area contributed by atoms with Gasteiger partial charge in [-0.1, -0.05) is 6.92 Å². The zero-order valence-corrected chi connectivity index (χ0v) is 21.9. The Labute approximate surface area is 215 Å². The third-order valence-electron chi connectivity index (χ3n) is 7.33. The average Bonchev–Trinajstić information content (AvgIpc) is 2.83. The smallest absolute Gasteiger partial charge is 0.340 e. The summed E-state index contributed by atoms with van der Waals surface area (Å²) in [7, 11) is 0. The monoisotopic (exact) mass is 504 g/mol. The van der Waals surface area contributed by atoms with Gasteiger partial charge in [-0.3, -0.25) is 4.79 Å². The molecule has 3 N–H and O–H groups in total. The minimum Gasteiger partial charge on any atom is -0.470 e. The zero-order chi connectivity index (χ0) is 26.6. The van der Waals surface area contributed by atoms with Gasteiger partial charge in [0.25, 0.3) is 0 Å². The lowest BCUT2D eigenvalue weighted by Crippen LogP contribution is -2.62. The molecule has 37 heavy (non-hydrogen) atoms. The van der Waals surface area contributed by atoms with Gasteiger partial charge >= 0.3 is 5.97 Å². The Morgan fingerprint density at radius 1 is 1.16 bits per heavy atom. The summed E-state index contributed by atoms with van der Waals surface area (Å²) in [4.78, 5) is 39.6. The minimum atomic E-state index is -0.659. The van der Waals surface area contributed by atoms with E-state index in [4.69, 9.17) is 20.2 Å². The van der Waals surface area contributed by atoms with E-state index in [1.54, 1.807) is 36.4 Å². The number of hydrogen-bond donors (Lipinski definition) is 2. The van der Waals surface area contributed by atoms with Crippen LogP contribution in [0.25, 0.3) is 10.8 Å². The fourth-order valence-corrected chi connectivity index (χ4v) is 4.81. The van der Waals surface area contributed by atoms with Crippen molar-refractivity contribution in [2.75, 3.05) is 11.9 Å². The second-order valence-corrected chi connectivity index (χ2v) is 10.5. The maximum Gasteiger partial charge on any atom is 0.340 e. The Morgan fingerprint density at radius 3 is 2.59 bits per heavy atom. The summed E-state index contributed by atoms with van der Waals surface area (Å²) < 4.78 is 11.6. The molecule has 1 fully saturated rings. The highest BCUT2D eigenvalue weighted by Gasteiger charge is 2.39. The molecule has 0 aliphatic carbocycles. The van der Waals surface area contributed by atoms with Gasteiger partial charge in [0.05, 0.1) is 29.2 Å². The number of fused-ring (bicyclic) bond motifs is 2. The normalized spacial score (nSPS) is 23.2. The predicted octanol–water partition coefficient (Wildman–Crippen LogP) is 3.62. The molecule has 2 aliphatic heterocycles. The first kappa shape index (κ1) is 24.9. The van der Waals surface area contributed by atoms with Crippen molar-refractivity contribution in [3.8, 4) is 5.88 Å². The van der Waals surface area contributed by atoms with Crippen LogP contribution in [0.5, 0.6) is 5.88 Å². The quantitative estimate of drug-likeness (QED) is 0.500. The Kier molecular flexibility index (Phi) is 6.02. The molecule has 194 valence electrons. The molecule has 1 saturated heterocycles. The van der Waals surface area contributed by atoms with Gasteiger partial charge in [0.15, 0.2) is 0 Å². The molecule has 3 aromatic heterocycles. The van der Waals surface area contributed by atoms with Crippen LogP contribution in [0.4, 0.5) is 11.6 Å². The molecule has 3 aromatic rings. The number of anilines is 2. The van der Waals surface area contributed by atoms with Gasteiger partial charge in [-0.25, -0.2) is 19.7 Å². The fraction of sp³-hybridized carbons (Fsp3) is 0.444. The molecule has 0 saturated carbocycles. The van der Waals surface area contributed by atoms with E-state index >= 15 is 0 Å². The Hall–Kier alpha value is -3.79. The zero-order valence-electron chi connectivity index (χ0n) is 21.9. The van der Waals surface area contributed by atoms with Crippen molar-refractivity contribution >= 4 is 34.3 Å². The van der Waals surface area contributed by atoms with Gasteiger partial charge in [-0.2, -0.15) is 0 Å². The first-order valence-corrected chi connectivity index (χ1v) is 12.4. The molecule has 0 bridgehead atoms. The number of likely N-dealkylation sites (tertiary alicyclic amines) is 1. The maximum atomic E-state index is 12.3. The van der Waals surface area contributed by atoms with E-state index in [1.807, 2.05) is 40.7 Å². The van der Waals surface area contributed by atoms with Crippen molar-refractivity contribution in [3.05, 3.63) is 47.4 Å². The van der Waals surface area contributed by atoms with Crippen LogP contribution in [0.15, 0.2) is 30.6 Å². The molecule has 0 spiro atoms. The summed E-state index contributed by atoms with van der Waals surface area (Å²) in [5, 5.41) is 4.85. The van der Waals surface area contributed by atoms with Crippen molar-refractivity contribution in [2.45, 2.75) is 71.2 Å². The van der Waals surface area contributed by atoms with Crippen molar-refractivity contribution in [2.24, 2.45) is 5.73 Å². The number of pyridine rings is 3. The molecule has 5 heterocycles. The van der Waals surface area contributed by atoms with E-state index in [-0.39, 0.29) is 36.0 Å². The van der Waals surface area contributed by atoms with Gasteiger partial charge in [0.1, 0.15) is 23.8 Å². The molecule has 10 heteroatoms. The lowest BCUT2D eigenvalue weighted by molar-refractivity contribution is -0.144. The third kappa shape index (κ3) is 4.46. The third-order valence-corrected chi connectivity index (χ3v) is 7.33. The van der Waals surface area contributed by atoms with E-state index in [9.17, 15) is 9.59 Å². The van der Waals surface area contributed by atoms with Crippen LogP contribution in [-0.4, -0.2) is 56.5 Å². The Bertz CT molecular complexity index is 1400. The standard InChI is InChI=1S/C27H32N6O4/c1-13-15(3)36-26(35)17-7-8-22(32-24(13)17)31-23-9-18-19(10-29-23)25(30-11-20(18)27(5,6)28)37-21-12-33(14(21)2)16(4)34/h7-11,13-15,21H,12,28H2,1-6H3,(H,29,31,32)/t13-,14-,15-,21+/m0/s1. The van der Waals surface area contributed by atoms with Crippen molar-refractivity contribution in [3.63, 3.8) is 0 Å². The Balaban J connectivity index is 1.48. The van der Waals surface area contributed by atoms with Gasteiger partial charge in [0.2, 0.25) is 11.8 Å². The van der Waals surface area contributed by atoms with E-state index in [0.29, 0.717) is 35.3 Å². The number of ether oxygens (including phenoxy) is 2. The van der Waals surface area contributed by atoms with Crippen molar-refractivity contribution < 1.29 is 19.1 Å². The molecular formula is C27H32N6O4. The van der Waals surface area contributed by atoms with E-state index in [0.717, 1.165) is 16.3 Å². The van der Waals surface area contributed by atoms with Gasteiger partial charge in [-0.05, 0) is 56.8 Å². The minimum absolute atomic E-state index is 0.0257. The predicted molar refractivity (Wildman–Crippen MR) is 139 cm³/mol. The molecule has 5 rings (SSSR count). The second-order valence-electron chi connectivity index (χ2n) is 10.5. The second kappa shape index (κ2) is 8.95. The van der Waals surface area contributed by atoms with Crippen LogP contribution in [0.3, 0.4) is 0 Å². The number of amides is 1.